The van der Waals surface area contributed by atoms with Gasteiger partial charge in [0.1, 0.15) is 11.5 Å². The topological polar surface area (TPSA) is 30.5 Å². The summed E-state index contributed by atoms with van der Waals surface area (Å²) in [6.45, 7) is 4.14. The number of nitrogens with one attached hydrogen (secondary N) is 1. The maximum atomic E-state index is 5.96. The molecule has 0 bridgehead atoms. The molecule has 0 saturated carbocycles. The lowest BCUT2D eigenvalue weighted by Crippen LogP contribution is -2.29. The molecule has 0 radical (unpaired) electrons. The van der Waals surface area contributed by atoms with Gasteiger partial charge in [-0.2, -0.15) is 0 Å². The fourth-order valence-corrected chi connectivity index (χ4v) is 4.98. The molecule has 1 heterocycles. The Morgan fingerprint density at radius 2 is 1.90 bits per heavy atom. The zero-order chi connectivity index (χ0) is 20.0. The lowest BCUT2D eigenvalue weighted by molar-refractivity contribution is 0.242. The zero-order valence-corrected chi connectivity index (χ0v) is 17.2. The molecule has 3 nitrogen and oxygen atoms in total. The molecule has 2 aliphatic rings. The van der Waals surface area contributed by atoms with E-state index >= 15 is 0 Å². The minimum Gasteiger partial charge on any atom is -0.496 e. The van der Waals surface area contributed by atoms with Crippen molar-refractivity contribution in [2.75, 3.05) is 12.4 Å². The van der Waals surface area contributed by atoms with E-state index in [0.29, 0.717) is 11.8 Å². The summed E-state index contributed by atoms with van der Waals surface area (Å²) in [5.74, 6) is 2.74. The van der Waals surface area contributed by atoms with Crippen LogP contribution in [0.2, 0.25) is 0 Å². The first-order chi connectivity index (χ1) is 14.2. The second-order valence-electron chi connectivity index (χ2n) is 8.29. The summed E-state index contributed by atoms with van der Waals surface area (Å²) in [7, 11) is 1.77. The third-order valence-electron chi connectivity index (χ3n) is 6.17. The average molecular weight is 386 g/mol. The molecule has 0 amide bonds. The molecule has 1 N–H and O–H groups in total. The first-order valence-electron chi connectivity index (χ1n) is 10.4. The molecule has 0 fully saturated rings. The van der Waals surface area contributed by atoms with E-state index in [9.17, 15) is 0 Å². The second-order valence-corrected chi connectivity index (χ2v) is 8.29. The number of methoxy groups -OCH3 is 1. The number of hydrogen-bond acceptors (Lipinski definition) is 3. The summed E-state index contributed by atoms with van der Waals surface area (Å²) in [4.78, 5) is 0. The zero-order valence-electron chi connectivity index (χ0n) is 17.2. The molecule has 148 valence electrons. The molecule has 1 aliphatic heterocycles. The molecule has 0 aromatic heterocycles. The second kappa shape index (κ2) is 7.14. The summed E-state index contributed by atoms with van der Waals surface area (Å²) in [5, 5.41) is 6.37. The van der Waals surface area contributed by atoms with Crippen LogP contribution in [-0.4, -0.2) is 13.2 Å². The number of rotatable bonds is 4. The van der Waals surface area contributed by atoms with Crippen molar-refractivity contribution >= 4 is 16.5 Å². The summed E-state index contributed by atoms with van der Waals surface area (Å²) >= 11 is 0. The smallest absolute Gasteiger partial charge is 0.124 e. The van der Waals surface area contributed by atoms with Crippen LogP contribution in [0.3, 0.4) is 0 Å². The largest absolute Gasteiger partial charge is 0.496 e. The molecule has 0 saturated heterocycles. The van der Waals surface area contributed by atoms with E-state index in [1.807, 2.05) is 0 Å². The molecule has 3 unspecified atom stereocenters. The predicted octanol–water partition coefficient (Wildman–Crippen LogP) is 6.46. The standard InChI is InChI=1S/C26H27NO2/c1-16(2)29-18-12-13-23-22(15-18)20-9-6-10-21(20)26(27-23)25-19-8-5-4-7-17(19)11-14-24(25)28-3/h4-9,11-16,20-21,26-27H,10H2,1-3H3. The van der Waals surface area contributed by atoms with E-state index in [1.54, 1.807) is 7.11 Å². The van der Waals surface area contributed by atoms with Crippen LogP contribution in [-0.2, 0) is 0 Å². The van der Waals surface area contributed by atoms with Gasteiger partial charge in [0.05, 0.1) is 19.3 Å². The molecule has 29 heavy (non-hydrogen) atoms. The van der Waals surface area contributed by atoms with Gasteiger partial charge < -0.3 is 14.8 Å². The van der Waals surface area contributed by atoms with Gasteiger partial charge in [-0.25, -0.2) is 0 Å². The number of anilines is 1. The Labute approximate surface area is 172 Å². The van der Waals surface area contributed by atoms with Crippen LogP contribution in [0.4, 0.5) is 5.69 Å². The molecule has 3 aromatic rings. The Morgan fingerprint density at radius 1 is 1.03 bits per heavy atom. The molecule has 5 rings (SSSR count). The van der Waals surface area contributed by atoms with Crippen LogP contribution < -0.4 is 14.8 Å². The highest BCUT2D eigenvalue weighted by molar-refractivity contribution is 5.89. The Bertz CT molecular complexity index is 1090. The number of ether oxygens (including phenoxy) is 2. The fraction of sp³-hybridized carbons (Fsp3) is 0.308. The highest BCUT2D eigenvalue weighted by Gasteiger charge is 2.39. The van der Waals surface area contributed by atoms with E-state index in [4.69, 9.17) is 9.47 Å². The average Bonchev–Trinajstić information content (AvgIpc) is 3.22. The van der Waals surface area contributed by atoms with Crippen LogP contribution in [0, 0.1) is 5.92 Å². The maximum absolute atomic E-state index is 5.96. The van der Waals surface area contributed by atoms with Crippen molar-refractivity contribution in [3.05, 3.63) is 77.9 Å². The first kappa shape index (κ1) is 18.1. The molecule has 0 spiro atoms. The summed E-state index contributed by atoms with van der Waals surface area (Å²) in [6, 6.07) is 19.5. The van der Waals surface area contributed by atoms with Crippen molar-refractivity contribution in [3.63, 3.8) is 0 Å². The lowest BCUT2D eigenvalue weighted by atomic mass is 9.76. The minimum atomic E-state index is 0.173. The van der Waals surface area contributed by atoms with E-state index in [-0.39, 0.29) is 12.1 Å². The van der Waals surface area contributed by atoms with E-state index < -0.39 is 0 Å². The fourth-order valence-electron chi connectivity index (χ4n) is 4.98. The molecule has 3 atom stereocenters. The quantitative estimate of drug-likeness (QED) is 0.523. The van der Waals surface area contributed by atoms with E-state index in [0.717, 1.165) is 17.9 Å². The highest BCUT2D eigenvalue weighted by atomic mass is 16.5. The van der Waals surface area contributed by atoms with Crippen molar-refractivity contribution in [2.45, 2.75) is 38.3 Å². The first-order valence-corrected chi connectivity index (χ1v) is 10.4. The van der Waals surface area contributed by atoms with Gasteiger partial charge in [0.15, 0.2) is 0 Å². The van der Waals surface area contributed by atoms with Gasteiger partial charge in [0, 0.05) is 17.2 Å². The molecule has 3 aromatic carbocycles. The SMILES string of the molecule is COc1ccc2ccccc2c1C1Nc2ccc(OC(C)C)cc2C2C=CCC21. The highest BCUT2D eigenvalue weighted by Crippen LogP contribution is 2.53. The number of allylic oxidation sites excluding steroid dienone is 2. The van der Waals surface area contributed by atoms with Crippen molar-refractivity contribution < 1.29 is 9.47 Å². The van der Waals surface area contributed by atoms with Crippen LogP contribution in [0.5, 0.6) is 11.5 Å². The van der Waals surface area contributed by atoms with Crippen LogP contribution in [0.15, 0.2) is 66.7 Å². The Balaban J connectivity index is 1.63. The summed E-state index contributed by atoms with van der Waals surface area (Å²) in [6.07, 6.45) is 5.93. The van der Waals surface area contributed by atoms with Gasteiger partial charge in [0.25, 0.3) is 0 Å². The monoisotopic (exact) mass is 385 g/mol. The maximum Gasteiger partial charge on any atom is 0.124 e. The third kappa shape index (κ3) is 3.05. The normalized spacial score (nSPS) is 22.3. The van der Waals surface area contributed by atoms with Gasteiger partial charge in [-0.05, 0) is 66.8 Å². The molecular weight excluding hydrogens is 358 g/mol. The predicted molar refractivity (Wildman–Crippen MR) is 119 cm³/mol. The number of fused-ring (bicyclic) bond motifs is 4. The Kier molecular flexibility index (Phi) is 4.46. The van der Waals surface area contributed by atoms with Crippen molar-refractivity contribution in [1.82, 2.24) is 0 Å². The molecule has 3 heteroatoms. The Morgan fingerprint density at radius 3 is 2.72 bits per heavy atom. The Hall–Kier alpha value is -2.94. The van der Waals surface area contributed by atoms with E-state index in [1.165, 1.54) is 27.6 Å². The summed E-state index contributed by atoms with van der Waals surface area (Å²) < 4.78 is 11.8. The van der Waals surface area contributed by atoms with Crippen molar-refractivity contribution in [1.29, 1.82) is 0 Å². The lowest BCUT2D eigenvalue weighted by Gasteiger charge is -2.38. The van der Waals surface area contributed by atoms with Gasteiger partial charge in [-0.3, -0.25) is 0 Å². The van der Waals surface area contributed by atoms with Gasteiger partial charge in [0.2, 0.25) is 0 Å². The van der Waals surface area contributed by atoms with Crippen LogP contribution >= 0.6 is 0 Å². The number of benzene rings is 3. The molecule has 1 aliphatic carbocycles. The third-order valence-corrected chi connectivity index (χ3v) is 6.17. The van der Waals surface area contributed by atoms with Gasteiger partial charge in [-0.1, -0.05) is 42.5 Å². The number of hydrogen-bond donors (Lipinski definition) is 1. The molecular formula is C26H27NO2. The van der Waals surface area contributed by atoms with Gasteiger partial charge in [-0.15, -0.1) is 0 Å². The minimum absolute atomic E-state index is 0.173. The van der Waals surface area contributed by atoms with Crippen molar-refractivity contribution in [3.8, 4) is 11.5 Å². The van der Waals surface area contributed by atoms with Gasteiger partial charge >= 0.3 is 0 Å². The summed E-state index contributed by atoms with van der Waals surface area (Å²) in [5.41, 5.74) is 3.78. The van der Waals surface area contributed by atoms with Crippen molar-refractivity contribution in [2.24, 2.45) is 5.92 Å². The van der Waals surface area contributed by atoms with Crippen LogP contribution in [0.1, 0.15) is 43.4 Å². The van der Waals surface area contributed by atoms with Crippen LogP contribution in [0.25, 0.3) is 10.8 Å². The van der Waals surface area contributed by atoms with E-state index in [2.05, 4.69) is 85.9 Å².